The van der Waals surface area contributed by atoms with Gasteiger partial charge in [0.1, 0.15) is 31.0 Å². The SMILES string of the molecule is CC/C=C\C/C=C\C/C=C\C/C=C\C/C=C\C/C=C\CCC(=O)O[C@@H]1COC(=O)CCC/C=C/C[C@@H]2[C@@H](O)[C@H](O)[C@@H](O)[C@H](OP(=O)(O)OC1)[C@H](O)[C@H](O)[C@@H](/C=C/[C@@H](O)CCCCC)[C@H](O)C[C@@H]2O. The molecule has 17 heteroatoms. The zero-order valence-electron chi connectivity index (χ0n) is 39.9. The van der Waals surface area contributed by atoms with Gasteiger partial charge in [0, 0.05) is 31.1 Å². The topological polar surface area (TPSA) is 270 Å². The van der Waals surface area contributed by atoms with Crippen LogP contribution < -0.4 is 0 Å². The summed E-state index contributed by atoms with van der Waals surface area (Å²) in [5, 5.41) is 90.1. The molecule has 1 fully saturated rings. The molecule has 0 spiro atoms. The van der Waals surface area contributed by atoms with Gasteiger partial charge in [-0.3, -0.25) is 18.6 Å². The third-order valence-electron chi connectivity index (χ3n) is 11.5. The number of carbonyl (C=O) groups is 2. The number of allylic oxidation sites excluding steroid dienone is 14. The Morgan fingerprint density at radius 1 is 0.765 bits per heavy atom. The van der Waals surface area contributed by atoms with Crippen LogP contribution in [-0.4, -0.2) is 132 Å². The monoisotopic (exact) mass is 981 g/mol. The first-order valence-corrected chi connectivity index (χ1v) is 25.8. The van der Waals surface area contributed by atoms with E-state index in [0.29, 0.717) is 38.5 Å². The molecule has 1 saturated carbocycles. The smallest absolute Gasteiger partial charge is 0.462 e. The van der Waals surface area contributed by atoms with Crippen molar-refractivity contribution >= 4 is 19.8 Å². The highest BCUT2D eigenvalue weighted by molar-refractivity contribution is 7.47. The summed E-state index contributed by atoms with van der Waals surface area (Å²) < 4.78 is 34.7. The second kappa shape index (κ2) is 35.7. The Kier molecular flexibility index (Phi) is 31.9. The Balaban J connectivity index is 2.18. The molecule has 2 aliphatic rings. The molecule has 16 nitrogen and oxygen atoms in total. The van der Waals surface area contributed by atoms with Crippen LogP contribution in [0, 0.1) is 11.8 Å². The molecule has 1 unspecified atom stereocenters. The van der Waals surface area contributed by atoms with Crippen molar-refractivity contribution in [1.29, 1.82) is 0 Å². The number of cyclic esters (lactones) is 1. The predicted molar refractivity (Wildman–Crippen MR) is 259 cm³/mol. The summed E-state index contributed by atoms with van der Waals surface area (Å²) in [7, 11) is -5.47. The van der Waals surface area contributed by atoms with Crippen molar-refractivity contribution in [2.24, 2.45) is 11.8 Å². The largest absolute Gasteiger partial charge is 0.472 e. The molecule has 386 valence electrons. The summed E-state index contributed by atoms with van der Waals surface area (Å²) >= 11 is 0. The van der Waals surface area contributed by atoms with Crippen LogP contribution in [0.4, 0.5) is 0 Å². The Labute approximate surface area is 403 Å². The van der Waals surface area contributed by atoms with Crippen LogP contribution in [0.1, 0.15) is 123 Å². The van der Waals surface area contributed by atoms with Gasteiger partial charge in [-0.2, -0.15) is 0 Å². The van der Waals surface area contributed by atoms with Crippen molar-refractivity contribution in [3.8, 4) is 0 Å². The maximum Gasteiger partial charge on any atom is 0.472 e. The molecule has 13 atom stereocenters. The number of esters is 2. The van der Waals surface area contributed by atoms with E-state index < -0.39 is 112 Å². The average molecular weight is 981 g/mol. The lowest BCUT2D eigenvalue weighted by molar-refractivity contribution is -0.167. The molecule has 68 heavy (non-hydrogen) atoms. The molecular formula is C51H81O16P. The highest BCUT2D eigenvalue weighted by atomic mass is 31.2. The van der Waals surface area contributed by atoms with Crippen molar-refractivity contribution in [2.75, 3.05) is 13.2 Å². The van der Waals surface area contributed by atoms with Crippen molar-refractivity contribution in [3.05, 3.63) is 97.2 Å². The number of phosphoric ester groups is 1. The molecular weight excluding hydrogens is 900 g/mol. The van der Waals surface area contributed by atoms with Crippen molar-refractivity contribution in [3.63, 3.8) is 0 Å². The fraction of sp³-hybridized carbons (Fsp3) is 0.647. The number of fused-ring (bicyclic) bond motifs is 4. The number of ether oxygens (including phenoxy) is 2. The summed E-state index contributed by atoms with van der Waals surface area (Å²) in [5.74, 6) is -4.17. The Bertz CT molecular complexity index is 1690. The van der Waals surface area contributed by atoms with Crippen LogP contribution in [0.2, 0.25) is 0 Å². The molecule has 0 amide bonds. The van der Waals surface area contributed by atoms with E-state index in [1.54, 1.807) is 18.2 Å². The number of hydrogen-bond acceptors (Lipinski definition) is 15. The van der Waals surface area contributed by atoms with Crippen molar-refractivity contribution < 1.29 is 78.4 Å². The Morgan fingerprint density at radius 2 is 1.35 bits per heavy atom. The van der Waals surface area contributed by atoms with Gasteiger partial charge in [-0.15, -0.1) is 0 Å². The summed E-state index contributed by atoms with van der Waals surface area (Å²) in [5.41, 5.74) is 0. The van der Waals surface area contributed by atoms with Crippen LogP contribution in [0.3, 0.4) is 0 Å². The quantitative estimate of drug-likeness (QED) is 0.0268. The first kappa shape index (κ1) is 60.8. The van der Waals surface area contributed by atoms with Gasteiger partial charge >= 0.3 is 19.8 Å². The van der Waals surface area contributed by atoms with Gasteiger partial charge in [-0.1, -0.05) is 130 Å². The van der Waals surface area contributed by atoms with E-state index in [1.807, 2.05) is 25.2 Å². The van der Waals surface area contributed by atoms with Gasteiger partial charge < -0.3 is 55.2 Å². The molecule has 0 aromatic rings. The average Bonchev–Trinajstić information content (AvgIpc) is 3.31. The molecule has 2 bridgehead atoms. The van der Waals surface area contributed by atoms with E-state index in [2.05, 4.69) is 55.5 Å². The van der Waals surface area contributed by atoms with Crippen LogP contribution >= 0.6 is 7.82 Å². The first-order chi connectivity index (χ1) is 32.6. The standard InChI is InChI=1S/C51H81O16P/c1-3-5-7-8-9-10-11-12-13-14-15-16-17-18-19-20-21-22-28-32-45(56)66-39-36-64-44(55)31-27-24-23-26-30-40-42(53)35-43(54)41(34-33-38(52)29-25-6-4-2)47(58)49(60)51(50(61)48(59)46(40)57)67-68(62,63)65-37-39/h5,7,9-10,12-13,15-16,18-19,21-23,26,33-34,38-43,46-54,57-61H,3-4,6,8,11,14,17,20,24-25,27-32,35-37H2,1-2H3,(H,62,63)/b7-5-,10-9-,13-12-,16-15-,19-18-,22-21-,26-23+,34-33+/t38-,39+,40-,41-,42-,43+,46+,47+,48-,49+,50+,51+/m0/s1. The molecule has 0 radical (unpaired) electrons. The van der Waals surface area contributed by atoms with Crippen LogP contribution in [0.15, 0.2) is 97.2 Å². The Morgan fingerprint density at radius 3 is 1.96 bits per heavy atom. The maximum absolute atomic E-state index is 13.5. The minimum absolute atomic E-state index is 0.0635. The van der Waals surface area contributed by atoms with Gasteiger partial charge in [-0.25, -0.2) is 4.57 Å². The molecule has 0 aromatic heterocycles. The molecule has 0 aromatic carbocycles. The number of unbranched alkanes of at least 4 members (excludes halogenated alkanes) is 2. The van der Waals surface area contributed by atoms with Gasteiger partial charge in [0.05, 0.1) is 37.1 Å². The predicted octanol–water partition coefficient (Wildman–Crippen LogP) is 6.21. The summed E-state index contributed by atoms with van der Waals surface area (Å²) in [6.07, 6.45) is 19.4. The summed E-state index contributed by atoms with van der Waals surface area (Å²) in [4.78, 5) is 36.5. The lowest BCUT2D eigenvalue weighted by atomic mass is 9.83. The Hall–Kier alpha value is -3.35. The number of carbonyl (C=O) groups excluding carboxylic acids is 2. The number of aliphatic hydroxyl groups excluding tert-OH is 8. The van der Waals surface area contributed by atoms with Gasteiger partial charge in [0.15, 0.2) is 6.10 Å². The number of phosphoric acid groups is 1. The van der Waals surface area contributed by atoms with Gasteiger partial charge in [0.25, 0.3) is 0 Å². The second-order valence-corrected chi connectivity index (χ2v) is 18.6. The van der Waals surface area contributed by atoms with E-state index in [4.69, 9.17) is 18.5 Å². The minimum atomic E-state index is -5.47. The number of aliphatic hydroxyl groups is 8. The molecule has 1 aliphatic heterocycles. The highest BCUT2D eigenvalue weighted by Crippen LogP contribution is 2.47. The fourth-order valence-electron chi connectivity index (χ4n) is 7.48. The van der Waals surface area contributed by atoms with Gasteiger partial charge in [0.2, 0.25) is 0 Å². The maximum atomic E-state index is 13.5. The molecule has 1 aliphatic carbocycles. The van der Waals surface area contributed by atoms with Crippen LogP contribution in [0.5, 0.6) is 0 Å². The molecule has 2 rings (SSSR count). The van der Waals surface area contributed by atoms with Crippen LogP contribution in [0.25, 0.3) is 0 Å². The highest BCUT2D eigenvalue weighted by Gasteiger charge is 2.49. The first-order valence-electron chi connectivity index (χ1n) is 24.3. The van der Waals surface area contributed by atoms with E-state index in [9.17, 15) is 59.9 Å². The van der Waals surface area contributed by atoms with Crippen molar-refractivity contribution in [1.82, 2.24) is 0 Å². The second-order valence-electron chi connectivity index (χ2n) is 17.2. The number of hydrogen-bond donors (Lipinski definition) is 9. The van der Waals surface area contributed by atoms with E-state index in [1.165, 1.54) is 12.2 Å². The van der Waals surface area contributed by atoms with Crippen LogP contribution in [-0.2, 0) is 32.7 Å². The molecule has 9 N–H and O–H groups in total. The summed E-state index contributed by atoms with van der Waals surface area (Å²) in [6.45, 7) is 2.64. The van der Waals surface area contributed by atoms with E-state index in [0.717, 1.165) is 44.9 Å². The number of rotatable bonds is 21. The third kappa shape index (κ3) is 25.5. The molecule has 1 heterocycles. The lowest BCUT2D eigenvalue weighted by Gasteiger charge is -2.37. The zero-order chi connectivity index (χ0) is 50.2. The van der Waals surface area contributed by atoms with E-state index in [-0.39, 0.29) is 19.3 Å². The molecule has 0 saturated heterocycles. The fourth-order valence-corrected chi connectivity index (χ4v) is 8.46. The van der Waals surface area contributed by atoms with Crippen molar-refractivity contribution in [2.45, 2.75) is 184 Å². The normalized spacial score (nSPS) is 32.3. The zero-order valence-corrected chi connectivity index (χ0v) is 40.8. The lowest BCUT2D eigenvalue weighted by Crippen LogP contribution is -2.55. The summed E-state index contributed by atoms with van der Waals surface area (Å²) in [6, 6.07) is 0. The van der Waals surface area contributed by atoms with Gasteiger partial charge in [-0.05, 0) is 70.6 Å². The third-order valence-corrected chi connectivity index (χ3v) is 12.5. The van der Waals surface area contributed by atoms with E-state index >= 15 is 0 Å². The minimum Gasteiger partial charge on any atom is -0.462 e.